The fraction of sp³-hybridized carbons (Fsp3) is 0.583. The maximum atomic E-state index is 12.3. The molecular weight excluding hydrogens is 416 g/mol. The van der Waals surface area contributed by atoms with Gasteiger partial charge in [0.25, 0.3) is 5.91 Å². The first-order valence-corrected chi connectivity index (χ1v) is 12.1. The lowest BCUT2D eigenvalue weighted by molar-refractivity contribution is 0.0956. The summed E-state index contributed by atoms with van der Waals surface area (Å²) >= 11 is 0. The second-order valence-electron chi connectivity index (χ2n) is 9.16. The molecule has 1 saturated heterocycles. The number of hydrogen-bond acceptors (Lipinski definition) is 8. The molecule has 1 aliphatic carbocycles. The van der Waals surface area contributed by atoms with Crippen molar-refractivity contribution in [1.29, 1.82) is 0 Å². The van der Waals surface area contributed by atoms with Crippen LogP contribution in [0.5, 0.6) is 0 Å². The highest BCUT2D eigenvalue weighted by Crippen LogP contribution is 2.27. The SMILES string of the molecule is CCNC(=O)c1ccc(C)c(Nc2nc(N[C@H]3CCNC3)nc(N(C)CC3CCCC3)n2)c1. The number of benzene rings is 1. The molecule has 0 spiro atoms. The van der Waals surface area contributed by atoms with Gasteiger partial charge in [0.1, 0.15) is 0 Å². The quantitative estimate of drug-likeness (QED) is 0.460. The van der Waals surface area contributed by atoms with Gasteiger partial charge in [0.2, 0.25) is 17.8 Å². The first-order chi connectivity index (χ1) is 16.0. The van der Waals surface area contributed by atoms with Gasteiger partial charge in [0.05, 0.1) is 0 Å². The molecule has 2 aliphatic rings. The number of rotatable bonds is 9. The Labute approximate surface area is 196 Å². The molecular formula is C24H36N8O. The first kappa shape index (κ1) is 23.2. The highest BCUT2D eigenvalue weighted by molar-refractivity contribution is 5.95. The number of aromatic nitrogens is 3. The smallest absolute Gasteiger partial charge is 0.251 e. The topological polar surface area (TPSA) is 107 Å². The summed E-state index contributed by atoms with van der Waals surface area (Å²) in [5.74, 6) is 2.30. The lowest BCUT2D eigenvalue weighted by Crippen LogP contribution is -2.28. The molecule has 0 bridgehead atoms. The summed E-state index contributed by atoms with van der Waals surface area (Å²) in [6.45, 7) is 7.34. The average molecular weight is 453 g/mol. The van der Waals surface area contributed by atoms with Crippen LogP contribution in [-0.4, -0.2) is 60.1 Å². The Morgan fingerprint density at radius 3 is 2.67 bits per heavy atom. The van der Waals surface area contributed by atoms with E-state index in [1.54, 1.807) is 0 Å². The van der Waals surface area contributed by atoms with E-state index in [4.69, 9.17) is 9.97 Å². The normalized spacial score (nSPS) is 18.3. The Kier molecular flexibility index (Phi) is 7.59. The van der Waals surface area contributed by atoms with Gasteiger partial charge in [-0.05, 0) is 63.3 Å². The molecule has 178 valence electrons. The van der Waals surface area contributed by atoms with Gasteiger partial charge < -0.3 is 26.2 Å². The second-order valence-corrected chi connectivity index (χ2v) is 9.16. The van der Waals surface area contributed by atoms with Crippen molar-refractivity contribution in [2.24, 2.45) is 5.92 Å². The zero-order chi connectivity index (χ0) is 23.2. The summed E-state index contributed by atoms with van der Waals surface area (Å²) in [4.78, 5) is 28.6. The number of carbonyl (C=O) groups is 1. The molecule has 1 aromatic heterocycles. The summed E-state index contributed by atoms with van der Waals surface area (Å²) in [7, 11) is 2.05. The second kappa shape index (κ2) is 10.8. The number of nitrogens with one attached hydrogen (secondary N) is 4. The Balaban J connectivity index is 1.59. The van der Waals surface area contributed by atoms with Crippen molar-refractivity contribution in [3.05, 3.63) is 29.3 Å². The maximum Gasteiger partial charge on any atom is 0.251 e. The highest BCUT2D eigenvalue weighted by Gasteiger charge is 2.21. The maximum absolute atomic E-state index is 12.3. The van der Waals surface area contributed by atoms with Crippen molar-refractivity contribution in [3.63, 3.8) is 0 Å². The number of anilines is 4. The number of aryl methyl sites for hydroxylation is 1. The Hall–Kier alpha value is -2.94. The zero-order valence-electron chi connectivity index (χ0n) is 19.9. The van der Waals surface area contributed by atoms with Crippen LogP contribution in [0.1, 0.15) is 54.9 Å². The minimum atomic E-state index is -0.0933. The summed E-state index contributed by atoms with van der Waals surface area (Å²) in [6.07, 6.45) is 6.20. The number of nitrogens with zero attached hydrogens (tertiary/aromatic N) is 4. The van der Waals surface area contributed by atoms with E-state index in [0.29, 0.717) is 41.9 Å². The lowest BCUT2D eigenvalue weighted by Gasteiger charge is -2.22. The monoisotopic (exact) mass is 452 g/mol. The summed E-state index contributed by atoms with van der Waals surface area (Å²) in [5, 5.41) is 13.0. The number of carbonyl (C=O) groups excluding carboxylic acids is 1. The van der Waals surface area contributed by atoms with E-state index in [1.807, 2.05) is 32.0 Å². The van der Waals surface area contributed by atoms with Crippen molar-refractivity contribution in [2.75, 3.05) is 48.8 Å². The van der Waals surface area contributed by atoms with Gasteiger partial charge in [-0.25, -0.2) is 0 Å². The van der Waals surface area contributed by atoms with Crippen molar-refractivity contribution in [2.45, 2.75) is 52.0 Å². The Morgan fingerprint density at radius 2 is 1.94 bits per heavy atom. The van der Waals surface area contributed by atoms with Crippen LogP contribution in [0.3, 0.4) is 0 Å². The molecule has 33 heavy (non-hydrogen) atoms. The van der Waals surface area contributed by atoms with Gasteiger partial charge in [-0.2, -0.15) is 15.0 Å². The predicted molar refractivity (Wildman–Crippen MR) is 132 cm³/mol. The average Bonchev–Trinajstić information content (AvgIpc) is 3.50. The molecule has 0 unspecified atom stereocenters. The van der Waals surface area contributed by atoms with Crippen molar-refractivity contribution >= 4 is 29.4 Å². The summed E-state index contributed by atoms with van der Waals surface area (Å²) in [6, 6.07) is 5.92. The van der Waals surface area contributed by atoms with Crippen molar-refractivity contribution < 1.29 is 4.79 Å². The molecule has 4 rings (SSSR count). The molecule has 1 saturated carbocycles. The molecule has 0 radical (unpaired) electrons. The van der Waals surface area contributed by atoms with Crippen LogP contribution in [0.25, 0.3) is 0 Å². The third-order valence-corrected chi connectivity index (χ3v) is 6.45. The van der Waals surface area contributed by atoms with Crippen molar-refractivity contribution in [1.82, 2.24) is 25.6 Å². The molecule has 4 N–H and O–H groups in total. The molecule has 9 heteroatoms. The zero-order valence-corrected chi connectivity index (χ0v) is 19.9. The fourth-order valence-corrected chi connectivity index (χ4v) is 4.56. The third-order valence-electron chi connectivity index (χ3n) is 6.45. The van der Waals surface area contributed by atoms with Crippen LogP contribution in [0.15, 0.2) is 18.2 Å². The molecule has 9 nitrogen and oxygen atoms in total. The predicted octanol–water partition coefficient (Wildman–Crippen LogP) is 3.07. The summed E-state index contributed by atoms with van der Waals surface area (Å²) in [5.41, 5.74) is 2.43. The highest BCUT2D eigenvalue weighted by atomic mass is 16.1. The van der Waals surface area contributed by atoms with Gasteiger partial charge in [-0.3, -0.25) is 4.79 Å². The minimum Gasteiger partial charge on any atom is -0.352 e. The Bertz CT molecular complexity index is 953. The molecule has 2 aromatic rings. The Morgan fingerprint density at radius 1 is 1.15 bits per heavy atom. The van der Waals surface area contributed by atoms with E-state index >= 15 is 0 Å². The van der Waals surface area contributed by atoms with Crippen LogP contribution in [0.2, 0.25) is 0 Å². The molecule has 1 amide bonds. The molecule has 1 atom stereocenters. The van der Waals surface area contributed by atoms with Crippen LogP contribution in [-0.2, 0) is 0 Å². The largest absolute Gasteiger partial charge is 0.352 e. The number of hydrogen-bond donors (Lipinski definition) is 4. The van der Waals surface area contributed by atoms with Crippen LogP contribution >= 0.6 is 0 Å². The first-order valence-electron chi connectivity index (χ1n) is 12.1. The van der Waals surface area contributed by atoms with Gasteiger partial charge in [-0.15, -0.1) is 0 Å². The van der Waals surface area contributed by atoms with Crippen LogP contribution in [0, 0.1) is 12.8 Å². The fourth-order valence-electron chi connectivity index (χ4n) is 4.56. The third kappa shape index (κ3) is 6.10. The van der Waals surface area contributed by atoms with Crippen LogP contribution < -0.4 is 26.2 Å². The standard InChI is InChI=1S/C24H36N8O/c1-4-26-21(33)18-10-9-16(2)20(13-18)28-23-29-22(27-19-11-12-25-14-19)30-24(31-23)32(3)15-17-7-5-6-8-17/h9-10,13,17,19,25H,4-8,11-12,14-15H2,1-3H3,(H,26,33)(H2,27,28,29,30,31)/t19-/m0/s1. The van der Waals surface area contributed by atoms with E-state index in [9.17, 15) is 4.79 Å². The molecule has 2 fully saturated rings. The van der Waals surface area contributed by atoms with Gasteiger partial charge >= 0.3 is 0 Å². The van der Waals surface area contributed by atoms with E-state index in [0.717, 1.165) is 37.3 Å². The van der Waals surface area contributed by atoms with Gasteiger partial charge in [0, 0.05) is 44.0 Å². The van der Waals surface area contributed by atoms with E-state index < -0.39 is 0 Å². The summed E-state index contributed by atoms with van der Waals surface area (Å²) < 4.78 is 0. The van der Waals surface area contributed by atoms with Gasteiger partial charge in [0.15, 0.2) is 0 Å². The molecule has 1 aliphatic heterocycles. The number of amides is 1. The van der Waals surface area contributed by atoms with E-state index in [1.165, 1.54) is 25.7 Å². The molecule has 1 aromatic carbocycles. The lowest BCUT2D eigenvalue weighted by atomic mass is 10.1. The minimum absolute atomic E-state index is 0.0933. The molecule has 2 heterocycles. The van der Waals surface area contributed by atoms with E-state index in [-0.39, 0.29) is 5.91 Å². The van der Waals surface area contributed by atoms with E-state index in [2.05, 4.69) is 38.2 Å². The van der Waals surface area contributed by atoms with Gasteiger partial charge in [-0.1, -0.05) is 18.9 Å². The van der Waals surface area contributed by atoms with Crippen molar-refractivity contribution in [3.8, 4) is 0 Å². The van der Waals surface area contributed by atoms with Crippen LogP contribution in [0.4, 0.5) is 23.5 Å².